The summed E-state index contributed by atoms with van der Waals surface area (Å²) in [6, 6.07) is 4.95. The molecule has 0 spiro atoms. The molecule has 1 aliphatic rings. The van der Waals surface area contributed by atoms with E-state index in [0.29, 0.717) is 6.04 Å². The third kappa shape index (κ3) is 3.55. The Morgan fingerprint density at radius 2 is 2.00 bits per heavy atom. The molecule has 0 aliphatic heterocycles. The van der Waals surface area contributed by atoms with Crippen LogP contribution < -0.4 is 5.32 Å². The minimum Gasteiger partial charge on any atom is -0.310 e. The van der Waals surface area contributed by atoms with E-state index in [2.05, 4.69) is 63.2 Å². The van der Waals surface area contributed by atoms with Crippen LogP contribution in [0.2, 0.25) is 0 Å². The van der Waals surface area contributed by atoms with Gasteiger partial charge in [-0.3, -0.25) is 0 Å². The summed E-state index contributed by atoms with van der Waals surface area (Å²) in [4.78, 5) is 0. The number of nitrogens with one attached hydrogen (secondary N) is 1. The first-order valence-corrected chi connectivity index (χ1v) is 7.89. The maximum Gasteiger partial charge on any atom is 0.0334 e. The molecule has 0 bridgehead atoms. The van der Waals surface area contributed by atoms with E-state index in [4.69, 9.17) is 0 Å². The first-order valence-electron chi connectivity index (χ1n) is 6.30. The molecule has 1 N–H and O–H groups in total. The Labute approximate surface area is 121 Å². The molecule has 0 aromatic heterocycles. The molecule has 94 valence electrons. The molecule has 1 aliphatic carbocycles. The molecule has 1 fully saturated rings. The van der Waals surface area contributed by atoms with Gasteiger partial charge in [0, 0.05) is 15.0 Å². The summed E-state index contributed by atoms with van der Waals surface area (Å²) in [6.07, 6.45) is 4.08. The molecule has 0 saturated heterocycles. The van der Waals surface area contributed by atoms with E-state index in [0.717, 1.165) is 12.5 Å². The highest BCUT2D eigenvalue weighted by molar-refractivity contribution is 9.11. The van der Waals surface area contributed by atoms with Crippen LogP contribution >= 0.6 is 31.9 Å². The van der Waals surface area contributed by atoms with Gasteiger partial charge >= 0.3 is 0 Å². The summed E-state index contributed by atoms with van der Waals surface area (Å²) in [5.74, 6) is 0.936. The fourth-order valence-corrected chi connectivity index (χ4v) is 3.28. The average molecular weight is 361 g/mol. The number of hydrogen-bond acceptors (Lipinski definition) is 1. The molecule has 1 saturated carbocycles. The lowest BCUT2D eigenvalue weighted by Crippen LogP contribution is -2.22. The maximum atomic E-state index is 3.70. The van der Waals surface area contributed by atoms with Gasteiger partial charge in [0.15, 0.2) is 0 Å². The van der Waals surface area contributed by atoms with Crippen LogP contribution in [0, 0.1) is 12.8 Å². The zero-order chi connectivity index (χ0) is 12.4. The lowest BCUT2D eigenvalue weighted by molar-refractivity contribution is 0.485. The topological polar surface area (TPSA) is 12.0 Å². The van der Waals surface area contributed by atoms with Crippen molar-refractivity contribution in [2.45, 2.75) is 39.2 Å². The zero-order valence-corrected chi connectivity index (χ0v) is 13.6. The van der Waals surface area contributed by atoms with Gasteiger partial charge in [-0.2, -0.15) is 0 Å². The van der Waals surface area contributed by atoms with Crippen molar-refractivity contribution in [3.63, 3.8) is 0 Å². The second-order valence-corrected chi connectivity index (χ2v) is 6.62. The number of rotatable bonds is 5. The lowest BCUT2D eigenvalue weighted by atomic mass is 10.00. The van der Waals surface area contributed by atoms with Gasteiger partial charge in [-0.05, 0) is 49.1 Å². The molecule has 0 amide bonds. The number of hydrogen-bond donors (Lipinski definition) is 1. The van der Waals surface area contributed by atoms with E-state index in [1.807, 2.05) is 0 Å². The van der Waals surface area contributed by atoms with Crippen LogP contribution in [0.1, 0.15) is 43.4 Å². The molecular formula is C14H19Br2N. The number of benzene rings is 1. The smallest absolute Gasteiger partial charge is 0.0334 e. The van der Waals surface area contributed by atoms with Crippen LogP contribution in [-0.4, -0.2) is 6.54 Å². The predicted molar refractivity (Wildman–Crippen MR) is 80.3 cm³/mol. The quantitative estimate of drug-likeness (QED) is 0.781. The highest BCUT2D eigenvalue weighted by Gasteiger charge is 2.27. The second-order valence-electron chi connectivity index (χ2n) is 4.91. The van der Waals surface area contributed by atoms with Gasteiger partial charge in [0.2, 0.25) is 0 Å². The molecule has 1 nitrogen and oxygen atoms in total. The number of halogens is 2. The fraction of sp³-hybridized carbons (Fsp3) is 0.571. The molecule has 0 radical (unpaired) electrons. The van der Waals surface area contributed by atoms with Crippen LogP contribution in [0.25, 0.3) is 0 Å². The normalized spacial score (nSPS) is 17.2. The highest BCUT2D eigenvalue weighted by atomic mass is 79.9. The van der Waals surface area contributed by atoms with E-state index >= 15 is 0 Å². The Morgan fingerprint density at radius 1 is 1.29 bits per heavy atom. The minimum atomic E-state index is 0.485. The van der Waals surface area contributed by atoms with Gasteiger partial charge in [0.25, 0.3) is 0 Å². The Morgan fingerprint density at radius 3 is 2.59 bits per heavy atom. The Hall–Kier alpha value is 0.140. The number of aryl methyl sites for hydroxylation is 1. The summed E-state index contributed by atoms with van der Waals surface area (Å²) in [7, 11) is 0. The molecule has 17 heavy (non-hydrogen) atoms. The van der Waals surface area contributed by atoms with Gasteiger partial charge < -0.3 is 5.32 Å². The van der Waals surface area contributed by atoms with Crippen molar-refractivity contribution < 1.29 is 0 Å². The summed E-state index contributed by atoms with van der Waals surface area (Å²) in [5, 5.41) is 3.61. The van der Waals surface area contributed by atoms with Gasteiger partial charge in [0.05, 0.1) is 0 Å². The van der Waals surface area contributed by atoms with Gasteiger partial charge in [0.1, 0.15) is 0 Å². The van der Waals surface area contributed by atoms with Crippen molar-refractivity contribution in [1.29, 1.82) is 0 Å². The summed E-state index contributed by atoms with van der Waals surface area (Å²) < 4.78 is 2.43. The molecule has 1 aromatic rings. The van der Waals surface area contributed by atoms with Crippen molar-refractivity contribution in [3.8, 4) is 0 Å². The standard InChI is InChI=1S/C14H19Br2N/c1-3-17-14(7-10-4-5-10)11-8-12(15)9(2)6-13(11)16/h6,8,10,14,17H,3-5,7H2,1-2H3. The van der Waals surface area contributed by atoms with Crippen molar-refractivity contribution in [3.05, 3.63) is 32.2 Å². The summed E-state index contributed by atoms with van der Waals surface area (Å²) >= 11 is 7.33. The van der Waals surface area contributed by atoms with Gasteiger partial charge in [-0.1, -0.05) is 51.6 Å². The summed E-state index contributed by atoms with van der Waals surface area (Å²) in [6.45, 7) is 5.33. The zero-order valence-electron chi connectivity index (χ0n) is 10.4. The van der Waals surface area contributed by atoms with Crippen molar-refractivity contribution >= 4 is 31.9 Å². The highest BCUT2D eigenvalue weighted by Crippen LogP contribution is 2.40. The van der Waals surface area contributed by atoms with Crippen molar-refractivity contribution in [2.24, 2.45) is 5.92 Å². The van der Waals surface area contributed by atoms with Crippen LogP contribution in [0.3, 0.4) is 0 Å². The van der Waals surface area contributed by atoms with Crippen molar-refractivity contribution in [1.82, 2.24) is 5.32 Å². The van der Waals surface area contributed by atoms with Gasteiger partial charge in [-0.15, -0.1) is 0 Å². The van der Waals surface area contributed by atoms with Crippen molar-refractivity contribution in [2.75, 3.05) is 6.54 Å². The molecule has 1 unspecified atom stereocenters. The van der Waals surface area contributed by atoms with Crippen LogP contribution in [0.15, 0.2) is 21.1 Å². The first kappa shape index (κ1) is 13.6. The van der Waals surface area contributed by atoms with Crippen LogP contribution in [-0.2, 0) is 0 Å². The van der Waals surface area contributed by atoms with Gasteiger partial charge in [-0.25, -0.2) is 0 Å². The second kappa shape index (κ2) is 5.85. The van der Waals surface area contributed by atoms with E-state index < -0.39 is 0 Å². The van der Waals surface area contributed by atoms with E-state index in [9.17, 15) is 0 Å². The average Bonchev–Trinajstić information content (AvgIpc) is 3.07. The maximum absolute atomic E-state index is 3.70. The van der Waals surface area contributed by atoms with Crippen LogP contribution in [0.5, 0.6) is 0 Å². The predicted octanol–water partition coefficient (Wildman–Crippen LogP) is 4.97. The molecule has 3 heteroatoms. The fourth-order valence-electron chi connectivity index (χ4n) is 2.18. The van der Waals surface area contributed by atoms with Crippen LogP contribution in [0.4, 0.5) is 0 Å². The van der Waals surface area contributed by atoms with E-state index in [1.54, 1.807) is 0 Å². The Bertz CT molecular complexity index is 399. The lowest BCUT2D eigenvalue weighted by Gasteiger charge is -2.20. The first-order chi connectivity index (χ1) is 8.11. The van der Waals surface area contributed by atoms with E-state index in [-0.39, 0.29) is 0 Å². The Balaban J connectivity index is 2.23. The molecule has 1 atom stereocenters. The Kier molecular flexibility index (Phi) is 4.67. The minimum absolute atomic E-state index is 0.485. The molecule has 1 aromatic carbocycles. The molecule has 0 heterocycles. The molecular weight excluding hydrogens is 342 g/mol. The third-order valence-electron chi connectivity index (χ3n) is 3.37. The monoisotopic (exact) mass is 359 g/mol. The molecule has 2 rings (SSSR count). The third-order valence-corrected chi connectivity index (χ3v) is 4.91. The summed E-state index contributed by atoms with van der Waals surface area (Å²) in [5.41, 5.74) is 2.67. The largest absolute Gasteiger partial charge is 0.310 e. The van der Waals surface area contributed by atoms with E-state index in [1.165, 1.54) is 39.3 Å². The SMILES string of the molecule is CCNC(CC1CC1)c1cc(Br)c(C)cc1Br.